The molecule has 0 bridgehead atoms. The number of pyridine rings is 1. The highest BCUT2D eigenvalue weighted by molar-refractivity contribution is 7.98. The monoisotopic (exact) mass is 431 g/mol. The van der Waals surface area contributed by atoms with Crippen LogP contribution in [0.4, 0.5) is 13.2 Å². The Hall–Kier alpha value is -2.30. The van der Waals surface area contributed by atoms with E-state index in [-0.39, 0.29) is 0 Å². The van der Waals surface area contributed by atoms with Crippen LogP contribution in [-0.4, -0.2) is 38.0 Å². The first-order chi connectivity index (χ1) is 13.6. The largest absolute Gasteiger partial charge is 0.421 e. The zero-order valence-electron chi connectivity index (χ0n) is 16.5. The van der Waals surface area contributed by atoms with Crippen molar-refractivity contribution < 1.29 is 18.0 Å². The number of nitrogens with one attached hydrogen (secondary N) is 1. The molecule has 0 aliphatic rings. The number of amides is 1. The molecular weight excluding hydrogens is 407 g/mol. The molecule has 2 heterocycles. The van der Waals surface area contributed by atoms with E-state index in [2.05, 4.69) is 33.9 Å². The summed E-state index contributed by atoms with van der Waals surface area (Å²) in [7, 11) is 0. The molecule has 1 amide bonds. The van der Waals surface area contributed by atoms with Crippen molar-refractivity contribution in [2.24, 2.45) is 5.92 Å². The van der Waals surface area contributed by atoms with Gasteiger partial charge in [-0.15, -0.1) is 10.2 Å². The summed E-state index contributed by atoms with van der Waals surface area (Å²) in [5, 5.41) is 11.8. The zero-order valence-corrected chi connectivity index (χ0v) is 17.3. The molecule has 0 unspecified atom stereocenters. The number of nitrogens with zero attached hydrogens (tertiary/aromatic N) is 4. The summed E-state index contributed by atoms with van der Waals surface area (Å²) in [6, 6.07) is 1.80. The van der Waals surface area contributed by atoms with E-state index in [1.807, 2.05) is 6.26 Å². The second-order valence-corrected chi connectivity index (χ2v) is 7.69. The van der Waals surface area contributed by atoms with Crippen molar-refractivity contribution in [3.63, 3.8) is 0 Å². The quantitative estimate of drug-likeness (QED) is 0.488. The maximum atomic E-state index is 12.8. The number of hydrogen-bond donors (Lipinski definition) is 1. The summed E-state index contributed by atoms with van der Waals surface area (Å²) in [5.41, 5.74) is -2.52. The van der Waals surface area contributed by atoms with Crippen molar-refractivity contribution in [1.29, 1.82) is 0 Å². The Kier molecular flexibility index (Phi) is 7.88. The van der Waals surface area contributed by atoms with E-state index in [1.54, 1.807) is 0 Å². The molecule has 0 saturated heterocycles. The van der Waals surface area contributed by atoms with Crippen LogP contribution in [0.5, 0.6) is 0 Å². The molecule has 7 nitrogen and oxygen atoms in total. The van der Waals surface area contributed by atoms with Gasteiger partial charge in [0.2, 0.25) is 5.91 Å². The van der Waals surface area contributed by atoms with E-state index in [1.165, 1.54) is 11.8 Å². The van der Waals surface area contributed by atoms with Gasteiger partial charge in [0.05, 0.1) is 0 Å². The highest BCUT2D eigenvalue weighted by Crippen LogP contribution is 2.25. The topological polar surface area (TPSA) is 81.8 Å². The van der Waals surface area contributed by atoms with Crippen molar-refractivity contribution in [2.75, 3.05) is 12.8 Å². The Morgan fingerprint density at radius 2 is 2.03 bits per heavy atom. The van der Waals surface area contributed by atoms with Gasteiger partial charge in [0, 0.05) is 25.7 Å². The van der Waals surface area contributed by atoms with E-state index >= 15 is 0 Å². The normalized spacial score (nSPS) is 11.8. The molecule has 0 atom stereocenters. The van der Waals surface area contributed by atoms with Crippen LogP contribution in [0.2, 0.25) is 0 Å². The third kappa shape index (κ3) is 6.34. The molecule has 2 aromatic heterocycles. The first kappa shape index (κ1) is 23.0. The van der Waals surface area contributed by atoms with Gasteiger partial charge in [-0.25, -0.2) is 0 Å². The van der Waals surface area contributed by atoms with Crippen LogP contribution in [0.3, 0.4) is 0 Å². The smallest absolute Gasteiger partial charge is 0.355 e. The van der Waals surface area contributed by atoms with Crippen molar-refractivity contribution in [1.82, 2.24) is 24.6 Å². The summed E-state index contributed by atoms with van der Waals surface area (Å²) in [6.07, 6.45) is -0.466. The van der Waals surface area contributed by atoms with Crippen LogP contribution >= 0.6 is 11.8 Å². The second kappa shape index (κ2) is 9.95. The summed E-state index contributed by atoms with van der Waals surface area (Å²) in [4.78, 5) is 23.9. The van der Waals surface area contributed by atoms with Crippen LogP contribution in [0.1, 0.15) is 31.7 Å². The van der Waals surface area contributed by atoms with Gasteiger partial charge in [-0.2, -0.15) is 13.2 Å². The Morgan fingerprint density at radius 3 is 2.66 bits per heavy atom. The van der Waals surface area contributed by atoms with E-state index in [0.717, 1.165) is 34.4 Å². The van der Waals surface area contributed by atoms with Gasteiger partial charge < -0.3 is 14.5 Å². The summed E-state index contributed by atoms with van der Waals surface area (Å²) < 4.78 is 41.2. The number of hydrogen-bond acceptors (Lipinski definition) is 5. The fraction of sp³-hybridized carbons (Fsp3) is 0.556. The number of alkyl halides is 3. The average molecular weight is 431 g/mol. The first-order valence-electron chi connectivity index (χ1n) is 9.13. The molecule has 1 N–H and O–H groups in total. The van der Waals surface area contributed by atoms with Crippen molar-refractivity contribution >= 4 is 17.7 Å². The number of carbonyl (C=O) groups excluding carboxylic acids is 1. The van der Waals surface area contributed by atoms with Crippen LogP contribution in [0.15, 0.2) is 28.3 Å². The Bertz CT molecular complexity index is 892. The van der Waals surface area contributed by atoms with Crippen LogP contribution < -0.4 is 10.9 Å². The predicted octanol–water partition coefficient (Wildman–Crippen LogP) is 2.59. The minimum atomic E-state index is -4.75. The lowest BCUT2D eigenvalue weighted by Crippen LogP contribution is -2.35. The molecule has 0 aliphatic carbocycles. The second-order valence-electron chi connectivity index (χ2n) is 6.91. The Balaban J connectivity index is 1.89. The lowest BCUT2D eigenvalue weighted by Gasteiger charge is -2.12. The third-order valence-electron chi connectivity index (χ3n) is 4.06. The lowest BCUT2D eigenvalue weighted by molar-refractivity contribution is -0.139. The molecule has 2 rings (SSSR count). The minimum Gasteiger partial charge on any atom is -0.355 e. The SMILES string of the molecule is CSc1nnc(CCCNC(=O)Cn2cccc(C(F)(F)F)c2=O)n1CC(C)C. The lowest BCUT2D eigenvalue weighted by atomic mass is 10.2. The van der Waals surface area contributed by atoms with Gasteiger partial charge in [0.1, 0.15) is 17.9 Å². The minimum absolute atomic E-state index is 0.315. The fourth-order valence-corrected chi connectivity index (χ4v) is 3.29. The summed E-state index contributed by atoms with van der Waals surface area (Å²) in [6.45, 7) is 4.84. The van der Waals surface area contributed by atoms with Crippen molar-refractivity contribution in [2.45, 2.75) is 51.1 Å². The predicted molar refractivity (Wildman–Crippen MR) is 104 cm³/mol. The van der Waals surface area contributed by atoms with Crippen LogP contribution in [-0.2, 0) is 30.5 Å². The summed E-state index contributed by atoms with van der Waals surface area (Å²) >= 11 is 1.51. The maximum Gasteiger partial charge on any atom is 0.421 e. The van der Waals surface area contributed by atoms with Gasteiger partial charge in [0.15, 0.2) is 5.16 Å². The highest BCUT2D eigenvalue weighted by Gasteiger charge is 2.34. The van der Waals surface area contributed by atoms with E-state index in [9.17, 15) is 22.8 Å². The maximum absolute atomic E-state index is 12.8. The van der Waals surface area contributed by atoms with Gasteiger partial charge in [-0.1, -0.05) is 25.6 Å². The zero-order chi connectivity index (χ0) is 21.6. The van der Waals surface area contributed by atoms with Gasteiger partial charge in [-0.3, -0.25) is 9.59 Å². The number of aromatic nitrogens is 4. The number of carbonyl (C=O) groups is 1. The highest BCUT2D eigenvalue weighted by atomic mass is 32.2. The van der Waals surface area contributed by atoms with E-state index < -0.39 is 29.8 Å². The molecule has 0 spiro atoms. The first-order valence-corrected chi connectivity index (χ1v) is 10.3. The van der Waals surface area contributed by atoms with E-state index in [4.69, 9.17) is 0 Å². The Labute approximate surface area is 170 Å². The molecule has 29 heavy (non-hydrogen) atoms. The molecule has 0 aromatic carbocycles. The number of aryl methyl sites for hydroxylation is 1. The van der Waals surface area contributed by atoms with Gasteiger partial charge in [0.25, 0.3) is 5.56 Å². The molecule has 11 heteroatoms. The average Bonchev–Trinajstić information content (AvgIpc) is 3.00. The number of halogens is 3. The molecule has 2 aromatic rings. The Morgan fingerprint density at radius 1 is 1.31 bits per heavy atom. The van der Waals surface area contributed by atoms with Crippen LogP contribution in [0, 0.1) is 5.92 Å². The van der Waals surface area contributed by atoms with Crippen LogP contribution in [0.25, 0.3) is 0 Å². The number of rotatable bonds is 9. The fourth-order valence-electron chi connectivity index (χ4n) is 2.77. The van der Waals surface area contributed by atoms with Gasteiger partial charge in [-0.05, 0) is 30.7 Å². The molecular formula is C18H24F3N5O2S. The molecule has 0 aliphatic heterocycles. The molecule has 0 saturated carbocycles. The standard InChI is InChI=1S/C18H24F3N5O2S/c1-12(2)10-26-14(23-24-17(26)29-3)7-4-8-22-15(27)11-25-9-5-6-13(16(25)28)18(19,20)21/h5-6,9,12H,4,7-8,10-11H2,1-3H3,(H,22,27). The molecule has 160 valence electrons. The van der Waals surface area contributed by atoms with E-state index in [0.29, 0.717) is 31.4 Å². The molecule has 0 fully saturated rings. The summed E-state index contributed by atoms with van der Waals surface area (Å²) in [5.74, 6) is 0.729. The molecule has 0 radical (unpaired) electrons. The third-order valence-corrected chi connectivity index (χ3v) is 4.73. The van der Waals surface area contributed by atoms with Crippen molar-refractivity contribution in [3.05, 3.63) is 40.1 Å². The van der Waals surface area contributed by atoms with Gasteiger partial charge >= 0.3 is 6.18 Å². The van der Waals surface area contributed by atoms with Crippen molar-refractivity contribution in [3.8, 4) is 0 Å². The number of thioether (sulfide) groups is 1.